The van der Waals surface area contributed by atoms with Gasteiger partial charge in [0.1, 0.15) is 0 Å². The summed E-state index contributed by atoms with van der Waals surface area (Å²) in [5.41, 5.74) is 1.29. The molecular formula is C17H20ClN3O3. The van der Waals surface area contributed by atoms with Gasteiger partial charge in [0.15, 0.2) is 5.82 Å². The van der Waals surface area contributed by atoms with Crippen molar-refractivity contribution in [1.82, 2.24) is 10.1 Å². The Labute approximate surface area is 145 Å². The first-order valence-electron chi connectivity index (χ1n) is 8.17. The second-order valence-corrected chi connectivity index (χ2v) is 6.17. The summed E-state index contributed by atoms with van der Waals surface area (Å²) in [5.74, 6) is 0.876. The Balaban J connectivity index is 1.74. The lowest BCUT2D eigenvalue weighted by atomic mass is 9.98. The zero-order chi connectivity index (χ0) is 17.1. The van der Waals surface area contributed by atoms with Crippen molar-refractivity contribution in [3.05, 3.63) is 29.0 Å². The summed E-state index contributed by atoms with van der Waals surface area (Å²) in [7, 11) is 0. The number of nitrogens with zero attached hydrogens (tertiary/aromatic N) is 2. The second-order valence-electron chi connectivity index (χ2n) is 5.77. The molecule has 1 aromatic heterocycles. The van der Waals surface area contributed by atoms with Crippen LogP contribution in [0.1, 0.15) is 32.5 Å². The highest BCUT2D eigenvalue weighted by Crippen LogP contribution is 2.30. The molecule has 128 valence electrons. The molecular weight excluding hydrogens is 330 g/mol. The van der Waals surface area contributed by atoms with Crippen molar-refractivity contribution >= 4 is 23.2 Å². The predicted molar refractivity (Wildman–Crippen MR) is 90.9 cm³/mol. The second kappa shape index (κ2) is 7.32. The van der Waals surface area contributed by atoms with E-state index in [1.807, 2.05) is 13.8 Å². The first kappa shape index (κ1) is 16.9. The molecule has 3 rings (SSSR count). The van der Waals surface area contributed by atoms with Crippen molar-refractivity contribution in [3.63, 3.8) is 0 Å². The quantitative estimate of drug-likeness (QED) is 0.890. The van der Waals surface area contributed by atoms with E-state index in [0.717, 1.165) is 18.4 Å². The number of carbonyl (C=O) groups excluding carboxylic acids is 1. The SMILES string of the molecule is CCc1noc(-c2ccc(NC(=O)[C@@H]3CCO[C@H]3CC)c(Cl)c2)n1. The number of ether oxygens (including phenoxy) is 1. The third kappa shape index (κ3) is 3.44. The molecule has 1 amide bonds. The third-order valence-electron chi connectivity index (χ3n) is 4.21. The zero-order valence-corrected chi connectivity index (χ0v) is 14.5. The van der Waals surface area contributed by atoms with Crippen molar-refractivity contribution in [2.75, 3.05) is 11.9 Å². The van der Waals surface area contributed by atoms with E-state index in [1.54, 1.807) is 18.2 Å². The number of carbonyl (C=O) groups is 1. The van der Waals surface area contributed by atoms with Crippen molar-refractivity contribution < 1.29 is 14.1 Å². The van der Waals surface area contributed by atoms with Gasteiger partial charge in [-0.1, -0.05) is 30.6 Å². The molecule has 0 unspecified atom stereocenters. The maximum Gasteiger partial charge on any atom is 0.257 e. The highest BCUT2D eigenvalue weighted by atomic mass is 35.5. The van der Waals surface area contributed by atoms with Gasteiger partial charge in [0.25, 0.3) is 5.89 Å². The minimum Gasteiger partial charge on any atom is -0.377 e. The summed E-state index contributed by atoms with van der Waals surface area (Å²) >= 11 is 6.31. The molecule has 6 nitrogen and oxygen atoms in total. The first-order valence-corrected chi connectivity index (χ1v) is 8.55. The molecule has 2 heterocycles. The maximum atomic E-state index is 12.4. The van der Waals surface area contributed by atoms with Crippen LogP contribution in [0.25, 0.3) is 11.5 Å². The molecule has 1 fully saturated rings. The fourth-order valence-electron chi connectivity index (χ4n) is 2.84. The Morgan fingerprint density at radius 2 is 2.25 bits per heavy atom. The number of hydrogen-bond acceptors (Lipinski definition) is 5. The van der Waals surface area contributed by atoms with Gasteiger partial charge in [-0.15, -0.1) is 0 Å². The molecule has 1 N–H and O–H groups in total. The van der Waals surface area contributed by atoms with E-state index >= 15 is 0 Å². The molecule has 0 aliphatic carbocycles. The number of benzene rings is 1. The van der Waals surface area contributed by atoms with E-state index in [2.05, 4.69) is 15.5 Å². The molecule has 0 radical (unpaired) electrons. The van der Waals surface area contributed by atoms with Crippen LogP contribution in [0.4, 0.5) is 5.69 Å². The van der Waals surface area contributed by atoms with Crippen LogP contribution in [0.2, 0.25) is 5.02 Å². The molecule has 2 atom stereocenters. The number of anilines is 1. The first-order chi connectivity index (χ1) is 11.6. The Kier molecular flexibility index (Phi) is 5.16. The van der Waals surface area contributed by atoms with Gasteiger partial charge in [-0.2, -0.15) is 4.98 Å². The van der Waals surface area contributed by atoms with Crippen LogP contribution in [-0.4, -0.2) is 28.8 Å². The zero-order valence-electron chi connectivity index (χ0n) is 13.7. The van der Waals surface area contributed by atoms with E-state index in [-0.39, 0.29) is 17.9 Å². The molecule has 7 heteroatoms. The molecule has 0 spiro atoms. The Morgan fingerprint density at radius 1 is 1.42 bits per heavy atom. The van der Waals surface area contributed by atoms with Crippen molar-refractivity contribution in [2.45, 2.75) is 39.2 Å². The fourth-order valence-corrected chi connectivity index (χ4v) is 3.07. The summed E-state index contributed by atoms with van der Waals surface area (Å²) in [6.07, 6.45) is 2.24. The van der Waals surface area contributed by atoms with Gasteiger partial charge in [0.05, 0.1) is 22.7 Å². The number of nitrogens with one attached hydrogen (secondary N) is 1. The normalized spacial score (nSPS) is 20.3. The van der Waals surface area contributed by atoms with Crippen LogP contribution < -0.4 is 5.32 Å². The maximum absolute atomic E-state index is 12.4. The molecule has 2 aromatic rings. The summed E-state index contributed by atoms with van der Waals surface area (Å²) in [6.45, 7) is 4.60. The molecule has 24 heavy (non-hydrogen) atoms. The lowest BCUT2D eigenvalue weighted by molar-refractivity contribution is -0.121. The number of aromatic nitrogens is 2. The summed E-state index contributed by atoms with van der Waals surface area (Å²) in [4.78, 5) is 16.7. The van der Waals surface area contributed by atoms with E-state index in [1.165, 1.54) is 0 Å². The smallest absolute Gasteiger partial charge is 0.257 e. The lowest BCUT2D eigenvalue weighted by Crippen LogP contribution is -2.29. The van der Waals surface area contributed by atoms with Crippen LogP contribution >= 0.6 is 11.6 Å². The predicted octanol–water partition coefficient (Wildman–Crippen LogP) is 3.71. The van der Waals surface area contributed by atoms with Gasteiger partial charge in [0, 0.05) is 18.6 Å². The van der Waals surface area contributed by atoms with Gasteiger partial charge < -0.3 is 14.6 Å². The fraction of sp³-hybridized carbons (Fsp3) is 0.471. The largest absolute Gasteiger partial charge is 0.377 e. The number of aryl methyl sites for hydroxylation is 1. The topological polar surface area (TPSA) is 77.2 Å². The van der Waals surface area contributed by atoms with E-state index < -0.39 is 0 Å². The van der Waals surface area contributed by atoms with Gasteiger partial charge >= 0.3 is 0 Å². The molecule has 0 bridgehead atoms. The van der Waals surface area contributed by atoms with Crippen molar-refractivity contribution in [2.24, 2.45) is 5.92 Å². The molecule has 0 saturated carbocycles. The van der Waals surface area contributed by atoms with E-state index in [4.69, 9.17) is 20.9 Å². The minimum atomic E-state index is -0.131. The average molecular weight is 350 g/mol. The van der Waals surface area contributed by atoms with Crippen LogP contribution in [0.15, 0.2) is 22.7 Å². The Bertz CT molecular complexity index is 732. The van der Waals surface area contributed by atoms with Gasteiger partial charge in [0.2, 0.25) is 5.91 Å². The Hall–Kier alpha value is -1.92. The summed E-state index contributed by atoms with van der Waals surface area (Å²) in [6, 6.07) is 5.27. The van der Waals surface area contributed by atoms with Gasteiger partial charge in [-0.25, -0.2) is 0 Å². The van der Waals surface area contributed by atoms with Crippen molar-refractivity contribution in [1.29, 1.82) is 0 Å². The summed E-state index contributed by atoms with van der Waals surface area (Å²) in [5, 5.41) is 7.20. The number of hydrogen-bond donors (Lipinski definition) is 1. The van der Waals surface area contributed by atoms with Gasteiger partial charge in [-0.3, -0.25) is 4.79 Å². The monoisotopic (exact) mass is 349 g/mol. The molecule has 1 aromatic carbocycles. The van der Waals surface area contributed by atoms with E-state index in [0.29, 0.717) is 35.5 Å². The Morgan fingerprint density at radius 3 is 2.92 bits per heavy atom. The minimum absolute atomic E-state index is 0.0195. The molecule has 1 aliphatic rings. The third-order valence-corrected chi connectivity index (χ3v) is 4.52. The van der Waals surface area contributed by atoms with Crippen LogP contribution in [-0.2, 0) is 16.0 Å². The molecule has 1 aliphatic heterocycles. The van der Waals surface area contributed by atoms with Crippen LogP contribution in [0.3, 0.4) is 0 Å². The lowest BCUT2D eigenvalue weighted by Gasteiger charge is -2.17. The number of rotatable bonds is 5. The van der Waals surface area contributed by atoms with Gasteiger partial charge in [-0.05, 0) is 31.0 Å². The number of amides is 1. The van der Waals surface area contributed by atoms with Crippen LogP contribution in [0, 0.1) is 5.92 Å². The van der Waals surface area contributed by atoms with E-state index in [9.17, 15) is 4.79 Å². The summed E-state index contributed by atoms with van der Waals surface area (Å²) < 4.78 is 10.8. The molecule has 1 saturated heterocycles. The highest BCUT2D eigenvalue weighted by Gasteiger charge is 2.33. The average Bonchev–Trinajstić information content (AvgIpc) is 3.25. The highest BCUT2D eigenvalue weighted by molar-refractivity contribution is 6.34. The van der Waals surface area contributed by atoms with Crippen LogP contribution in [0.5, 0.6) is 0 Å². The van der Waals surface area contributed by atoms with Crippen molar-refractivity contribution in [3.8, 4) is 11.5 Å². The number of halogens is 1. The standard InChI is InChI=1S/C17H20ClN3O3/c1-3-14-11(7-8-23-14)16(22)19-13-6-5-10(9-12(13)18)17-20-15(4-2)21-24-17/h5-6,9,11,14H,3-4,7-8H2,1-2H3,(H,19,22)/t11-,14+/m1/s1.